The van der Waals surface area contributed by atoms with Gasteiger partial charge in [-0.25, -0.2) is 0 Å². The summed E-state index contributed by atoms with van der Waals surface area (Å²) in [6.07, 6.45) is 0.583. The number of carbonyl (C=O) groups is 1. The maximum Gasteiger partial charge on any atom is 0.245 e. The third-order valence-electron chi connectivity index (χ3n) is 3.73. The molecule has 0 unspecified atom stereocenters. The van der Waals surface area contributed by atoms with Crippen molar-refractivity contribution >= 4 is 5.91 Å². The molecule has 19 heavy (non-hydrogen) atoms. The van der Waals surface area contributed by atoms with Gasteiger partial charge in [0.25, 0.3) is 0 Å². The molecule has 1 amide bonds. The number of benzene rings is 2. The van der Waals surface area contributed by atoms with Crippen LogP contribution in [0.25, 0.3) is 0 Å². The van der Waals surface area contributed by atoms with E-state index in [1.807, 2.05) is 60.7 Å². The number of hydrogen-bond acceptors (Lipinski definition) is 2. The van der Waals surface area contributed by atoms with Gasteiger partial charge in [-0.1, -0.05) is 60.7 Å². The predicted molar refractivity (Wildman–Crippen MR) is 74.3 cm³/mol. The fraction of sp³-hybridized carbons (Fsp3) is 0.188. The number of hydrogen-bond donors (Lipinski definition) is 2. The van der Waals surface area contributed by atoms with E-state index in [9.17, 15) is 4.79 Å². The number of carbonyl (C=O) groups excluding carboxylic acids is 1. The number of amides is 1. The minimum atomic E-state index is -0.929. The molecular formula is C16H16N2O. The van der Waals surface area contributed by atoms with Gasteiger partial charge in [-0.3, -0.25) is 4.79 Å². The maximum atomic E-state index is 12.2. The summed E-state index contributed by atoms with van der Waals surface area (Å²) in [6.45, 7) is 0. The van der Waals surface area contributed by atoms with Gasteiger partial charge in [-0.2, -0.15) is 0 Å². The Balaban J connectivity index is 1.92. The molecule has 0 aliphatic carbocycles. The zero-order valence-electron chi connectivity index (χ0n) is 10.5. The van der Waals surface area contributed by atoms with Crippen LogP contribution in [0.5, 0.6) is 0 Å². The molecular weight excluding hydrogens is 236 g/mol. The molecule has 0 bridgehead atoms. The van der Waals surface area contributed by atoms with Crippen molar-refractivity contribution in [1.82, 2.24) is 5.32 Å². The Bertz CT molecular complexity index is 582. The van der Waals surface area contributed by atoms with E-state index >= 15 is 0 Å². The summed E-state index contributed by atoms with van der Waals surface area (Å²) < 4.78 is 0. The van der Waals surface area contributed by atoms with Crippen molar-refractivity contribution in [1.29, 1.82) is 0 Å². The third-order valence-corrected chi connectivity index (χ3v) is 3.73. The predicted octanol–water partition coefficient (Wildman–Crippen LogP) is 2.10. The molecule has 3 rings (SSSR count). The molecule has 3 N–H and O–H groups in total. The van der Waals surface area contributed by atoms with E-state index in [1.165, 1.54) is 0 Å². The summed E-state index contributed by atoms with van der Waals surface area (Å²) in [4.78, 5) is 12.2. The van der Waals surface area contributed by atoms with Crippen LogP contribution in [0.2, 0.25) is 0 Å². The van der Waals surface area contributed by atoms with Gasteiger partial charge in [-0.15, -0.1) is 0 Å². The molecule has 0 saturated carbocycles. The standard InChI is InChI=1S/C16H16N2O/c17-16(13-9-5-2-6-10-13)11-14(18-15(16)19)12-7-3-1-4-8-12/h1-10,14H,11,17H2,(H,18,19)/t14-,16-/m0/s1. The Hall–Kier alpha value is -2.13. The average molecular weight is 252 g/mol. The molecule has 3 nitrogen and oxygen atoms in total. The van der Waals surface area contributed by atoms with Crippen LogP contribution in [0.4, 0.5) is 0 Å². The lowest BCUT2D eigenvalue weighted by Crippen LogP contribution is -2.43. The fourth-order valence-electron chi connectivity index (χ4n) is 2.62. The molecule has 2 aromatic carbocycles. The Morgan fingerprint density at radius 2 is 1.58 bits per heavy atom. The first-order chi connectivity index (χ1) is 9.20. The van der Waals surface area contributed by atoms with Crippen LogP contribution in [0, 0.1) is 0 Å². The van der Waals surface area contributed by atoms with Crippen LogP contribution in [0.15, 0.2) is 60.7 Å². The van der Waals surface area contributed by atoms with Gasteiger partial charge in [0.15, 0.2) is 0 Å². The van der Waals surface area contributed by atoms with Gasteiger partial charge < -0.3 is 11.1 Å². The molecule has 0 radical (unpaired) electrons. The summed E-state index contributed by atoms with van der Waals surface area (Å²) >= 11 is 0. The first kappa shape index (κ1) is 11.9. The lowest BCUT2D eigenvalue weighted by atomic mass is 9.86. The first-order valence-electron chi connectivity index (χ1n) is 6.40. The minimum Gasteiger partial charge on any atom is -0.347 e. The van der Waals surface area contributed by atoms with E-state index < -0.39 is 5.54 Å². The highest BCUT2D eigenvalue weighted by Crippen LogP contribution is 2.36. The summed E-state index contributed by atoms with van der Waals surface area (Å²) in [6, 6.07) is 19.5. The fourth-order valence-corrected chi connectivity index (χ4v) is 2.62. The van der Waals surface area contributed by atoms with Crippen LogP contribution in [-0.4, -0.2) is 5.91 Å². The van der Waals surface area contributed by atoms with Crippen molar-refractivity contribution < 1.29 is 4.79 Å². The van der Waals surface area contributed by atoms with E-state index in [-0.39, 0.29) is 11.9 Å². The third kappa shape index (κ3) is 2.02. The van der Waals surface area contributed by atoms with E-state index in [0.717, 1.165) is 11.1 Å². The van der Waals surface area contributed by atoms with Gasteiger partial charge in [0.05, 0.1) is 6.04 Å². The van der Waals surface area contributed by atoms with Gasteiger partial charge >= 0.3 is 0 Å². The van der Waals surface area contributed by atoms with Crippen molar-refractivity contribution in [2.24, 2.45) is 5.73 Å². The molecule has 1 saturated heterocycles. The Labute approximate surface area is 112 Å². The SMILES string of the molecule is N[C@]1(c2ccccc2)C[C@@H](c2ccccc2)NC1=O. The molecule has 0 aromatic heterocycles. The van der Waals surface area contributed by atoms with Crippen molar-refractivity contribution in [2.75, 3.05) is 0 Å². The lowest BCUT2D eigenvalue weighted by Gasteiger charge is -2.21. The van der Waals surface area contributed by atoms with E-state index in [0.29, 0.717) is 6.42 Å². The highest BCUT2D eigenvalue weighted by Gasteiger charge is 2.45. The van der Waals surface area contributed by atoms with Gasteiger partial charge in [-0.05, 0) is 11.1 Å². The van der Waals surface area contributed by atoms with Crippen LogP contribution in [0.1, 0.15) is 23.6 Å². The molecule has 1 aliphatic rings. The maximum absolute atomic E-state index is 12.2. The monoisotopic (exact) mass is 252 g/mol. The second-order valence-electron chi connectivity index (χ2n) is 4.98. The van der Waals surface area contributed by atoms with Crippen LogP contribution < -0.4 is 11.1 Å². The van der Waals surface area contributed by atoms with Crippen LogP contribution in [-0.2, 0) is 10.3 Å². The summed E-state index contributed by atoms with van der Waals surface area (Å²) in [5.41, 5.74) is 7.37. The van der Waals surface area contributed by atoms with Gasteiger partial charge in [0, 0.05) is 6.42 Å². The van der Waals surface area contributed by atoms with Crippen LogP contribution >= 0.6 is 0 Å². The smallest absolute Gasteiger partial charge is 0.245 e. The second-order valence-corrected chi connectivity index (χ2v) is 4.98. The van der Waals surface area contributed by atoms with Gasteiger partial charge in [0.2, 0.25) is 5.91 Å². The summed E-state index contributed by atoms with van der Waals surface area (Å²) in [5, 5.41) is 3.00. The first-order valence-corrected chi connectivity index (χ1v) is 6.40. The normalized spacial score (nSPS) is 26.2. The van der Waals surface area contributed by atoms with Crippen molar-refractivity contribution in [3.8, 4) is 0 Å². The Morgan fingerprint density at radius 1 is 1.00 bits per heavy atom. The zero-order valence-corrected chi connectivity index (χ0v) is 10.5. The summed E-state index contributed by atoms with van der Waals surface area (Å²) in [5.74, 6) is -0.104. The van der Waals surface area contributed by atoms with E-state index in [2.05, 4.69) is 5.32 Å². The topological polar surface area (TPSA) is 55.1 Å². The van der Waals surface area contributed by atoms with E-state index in [1.54, 1.807) is 0 Å². The number of rotatable bonds is 2. The highest BCUT2D eigenvalue weighted by atomic mass is 16.2. The quantitative estimate of drug-likeness (QED) is 0.860. The molecule has 96 valence electrons. The van der Waals surface area contributed by atoms with E-state index in [4.69, 9.17) is 5.73 Å². The molecule has 2 aromatic rings. The van der Waals surface area contributed by atoms with Crippen molar-refractivity contribution in [2.45, 2.75) is 18.0 Å². The molecule has 1 heterocycles. The molecule has 1 fully saturated rings. The number of nitrogens with two attached hydrogens (primary N) is 1. The van der Waals surface area contributed by atoms with Crippen molar-refractivity contribution in [3.05, 3.63) is 71.8 Å². The minimum absolute atomic E-state index is 0.0149. The average Bonchev–Trinajstić information content (AvgIpc) is 2.78. The molecule has 0 spiro atoms. The molecule has 1 aliphatic heterocycles. The van der Waals surface area contributed by atoms with Gasteiger partial charge in [0.1, 0.15) is 5.54 Å². The van der Waals surface area contributed by atoms with Crippen molar-refractivity contribution in [3.63, 3.8) is 0 Å². The Kier molecular flexibility index (Phi) is 2.84. The zero-order chi connectivity index (χ0) is 13.3. The molecule has 3 heteroatoms. The Morgan fingerprint density at radius 3 is 2.21 bits per heavy atom. The number of nitrogens with one attached hydrogen (secondary N) is 1. The highest BCUT2D eigenvalue weighted by molar-refractivity contribution is 5.90. The summed E-state index contributed by atoms with van der Waals surface area (Å²) in [7, 11) is 0. The lowest BCUT2D eigenvalue weighted by molar-refractivity contribution is -0.124. The largest absolute Gasteiger partial charge is 0.347 e. The second kappa shape index (κ2) is 4.52. The molecule has 2 atom stereocenters. The van der Waals surface area contributed by atoms with Crippen LogP contribution in [0.3, 0.4) is 0 Å².